The van der Waals surface area contributed by atoms with Gasteiger partial charge in [-0.15, -0.1) is 0 Å². The van der Waals surface area contributed by atoms with Crippen LogP contribution in [0.4, 0.5) is 5.69 Å². The number of hydrogen-bond donors (Lipinski definition) is 0. The molecule has 0 amide bonds. The number of anilines is 1. The van der Waals surface area contributed by atoms with Gasteiger partial charge in [0, 0.05) is 24.5 Å². The van der Waals surface area contributed by atoms with Gasteiger partial charge < -0.3 is 14.4 Å². The molecule has 2 aliphatic rings. The van der Waals surface area contributed by atoms with Crippen LogP contribution in [0.2, 0.25) is 0 Å². The smallest absolute Gasteiger partial charge is 0.231 e. The second-order valence-corrected chi connectivity index (χ2v) is 6.39. The molecule has 1 aromatic heterocycles. The molecule has 4 heteroatoms. The van der Waals surface area contributed by atoms with Crippen LogP contribution in [0.5, 0.6) is 11.5 Å². The summed E-state index contributed by atoms with van der Waals surface area (Å²) in [4.78, 5) is 7.12. The number of benzene rings is 1. The monoisotopic (exact) mass is 322 g/mol. The van der Waals surface area contributed by atoms with E-state index in [0.717, 1.165) is 41.5 Å². The molecule has 0 saturated carbocycles. The summed E-state index contributed by atoms with van der Waals surface area (Å²) in [5.74, 6) is 1.62. The van der Waals surface area contributed by atoms with Crippen LogP contribution in [-0.4, -0.2) is 24.9 Å². The predicted molar refractivity (Wildman–Crippen MR) is 96.5 cm³/mol. The first-order valence-corrected chi connectivity index (χ1v) is 8.59. The van der Waals surface area contributed by atoms with E-state index in [2.05, 4.69) is 41.1 Å². The van der Waals surface area contributed by atoms with E-state index < -0.39 is 0 Å². The van der Waals surface area contributed by atoms with Crippen molar-refractivity contribution < 1.29 is 9.47 Å². The van der Waals surface area contributed by atoms with Crippen LogP contribution in [-0.2, 0) is 0 Å². The van der Waals surface area contributed by atoms with Crippen LogP contribution >= 0.6 is 0 Å². The zero-order chi connectivity index (χ0) is 16.4. The minimum Gasteiger partial charge on any atom is -0.454 e. The number of piperidine rings is 1. The van der Waals surface area contributed by atoms with E-state index in [4.69, 9.17) is 9.47 Å². The summed E-state index contributed by atoms with van der Waals surface area (Å²) in [7, 11) is 0. The molecule has 1 aromatic carbocycles. The van der Waals surface area contributed by atoms with Crippen molar-refractivity contribution in [3.63, 3.8) is 0 Å². The molecule has 24 heavy (non-hydrogen) atoms. The van der Waals surface area contributed by atoms with Gasteiger partial charge >= 0.3 is 0 Å². The molecular formula is C20H22N2O2. The molecular weight excluding hydrogens is 300 g/mol. The van der Waals surface area contributed by atoms with E-state index in [1.165, 1.54) is 24.9 Å². The number of hydrogen-bond acceptors (Lipinski definition) is 4. The van der Waals surface area contributed by atoms with Crippen molar-refractivity contribution in [3.05, 3.63) is 47.3 Å². The summed E-state index contributed by atoms with van der Waals surface area (Å²) in [5, 5.41) is 0. The van der Waals surface area contributed by atoms with Crippen molar-refractivity contribution in [2.75, 3.05) is 24.8 Å². The molecule has 4 nitrogen and oxygen atoms in total. The highest BCUT2D eigenvalue weighted by Crippen LogP contribution is 2.33. The van der Waals surface area contributed by atoms with Crippen molar-refractivity contribution in [1.29, 1.82) is 0 Å². The third kappa shape index (κ3) is 3.23. The summed E-state index contributed by atoms with van der Waals surface area (Å²) < 4.78 is 10.8. The summed E-state index contributed by atoms with van der Waals surface area (Å²) in [5.41, 5.74) is 4.42. The number of aryl methyl sites for hydroxylation is 1. The maximum absolute atomic E-state index is 5.43. The van der Waals surface area contributed by atoms with Gasteiger partial charge in [-0.25, -0.2) is 0 Å². The maximum atomic E-state index is 5.43. The highest BCUT2D eigenvalue weighted by atomic mass is 16.7. The summed E-state index contributed by atoms with van der Waals surface area (Å²) >= 11 is 0. The second kappa shape index (κ2) is 6.56. The lowest BCUT2D eigenvalue weighted by molar-refractivity contribution is 0.174. The molecule has 1 fully saturated rings. The molecule has 0 N–H and O–H groups in total. The fourth-order valence-corrected chi connectivity index (χ4v) is 3.29. The number of nitrogens with zero attached hydrogens (tertiary/aromatic N) is 2. The van der Waals surface area contributed by atoms with Crippen LogP contribution in [0.3, 0.4) is 0 Å². The molecule has 1 saturated heterocycles. The summed E-state index contributed by atoms with van der Waals surface area (Å²) in [6.07, 6.45) is 8.05. The van der Waals surface area contributed by atoms with Gasteiger partial charge in [-0.3, -0.25) is 4.98 Å². The van der Waals surface area contributed by atoms with E-state index in [1.807, 2.05) is 18.2 Å². The first-order valence-electron chi connectivity index (χ1n) is 8.59. The molecule has 0 spiro atoms. The van der Waals surface area contributed by atoms with Crippen LogP contribution in [0, 0.1) is 6.92 Å². The first-order chi connectivity index (χ1) is 11.8. The summed E-state index contributed by atoms with van der Waals surface area (Å²) in [6, 6.07) is 10.3. The van der Waals surface area contributed by atoms with E-state index >= 15 is 0 Å². The van der Waals surface area contributed by atoms with Crippen molar-refractivity contribution in [1.82, 2.24) is 4.98 Å². The minimum atomic E-state index is 0.307. The lowest BCUT2D eigenvalue weighted by atomic mass is 10.1. The number of ether oxygens (including phenoxy) is 2. The fraction of sp³-hybridized carbons (Fsp3) is 0.350. The van der Waals surface area contributed by atoms with E-state index in [1.54, 1.807) is 0 Å². The zero-order valence-corrected chi connectivity index (χ0v) is 14.0. The Kier molecular flexibility index (Phi) is 4.11. The van der Waals surface area contributed by atoms with Gasteiger partial charge in [0.15, 0.2) is 11.5 Å². The van der Waals surface area contributed by atoms with Crippen molar-refractivity contribution in [2.45, 2.75) is 26.2 Å². The second-order valence-electron chi connectivity index (χ2n) is 6.39. The number of aromatic nitrogens is 1. The average Bonchev–Trinajstić information content (AvgIpc) is 3.08. The number of pyridine rings is 1. The largest absolute Gasteiger partial charge is 0.454 e. The van der Waals surface area contributed by atoms with Gasteiger partial charge in [0.05, 0.1) is 5.69 Å². The van der Waals surface area contributed by atoms with Gasteiger partial charge in [-0.05, 0) is 62.1 Å². The van der Waals surface area contributed by atoms with Crippen LogP contribution in [0.15, 0.2) is 30.3 Å². The Labute approximate surface area is 142 Å². The van der Waals surface area contributed by atoms with Crippen LogP contribution in [0.25, 0.3) is 12.2 Å². The quantitative estimate of drug-likeness (QED) is 0.845. The van der Waals surface area contributed by atoms with E-state index in [0.29, 0.717) is 6.79 Å². The molecule has 0 bridgehead atoms. The van der Waals surface area contributed by atoms with Crippen molar-refractivity contribution in [2.24, 2.45) is 0 Å². The van der Waals surface area contributed by atoms with Gasteiger partial charge in [-0.1, -0.05) is 12.1 Å². The van der Waals surface area contributed by atoms with Crippen LogP contribution in [0.1, 0.15) is 36.2 Å². The number of fused-ring (bicyclic) bond motifs is 1. The SMILES string of the molecule is Cc1cc(N2CCCCC2)cc(/C=C/c2ccc3c(c2)OCO3)n1. The molecule has 0 aliphatic carbocycles. The Morgan fingerprint density at radius 3 is 2.67 bits per heavy atom. The highest BCUT2D eigenvalue weighted by Gasteiger charge is 2.13. The van der Waals surface area contributed by atoms with Crippen molar-refractivity contribution >= 4 is 17.8 Å². The van der Waals surface area contributed by atoms with Gasteiger partial charge in [0.2, 0.25) is 6.79 Å². The Bertz CT molecular complexity index is 764. The lowest BCUT2D eigenvalue weighted by Gasteiger charge is -2.29. The molecule has 2 aromatic rings. The summed E-state index contributed by atoms with van der Waals surface area (Å²) in [6.45, 7) is 4.66. The molecule has 3 heterocycles. The van der Waals surface area contributed by atoms with Gasteiger partial charge in [0.25, 0.3) is 0 Å². The minimum absolute atomic E-state index is 0.307. The molecule has 2 aliphatic heterocycles. The van der Waals surface area contributed by atoms with Gasteiger partial charge in [0.1, 0.15) is 0 Å². The molecule has 4 rings (SSSR count). The maximum Gasteiger partial charge on any atom is 0.231 e. The van der Waals surface area contributed by atoms with E-state index in [-0.39, 0.29) is 0 Å². The molecule has 124 valence electrons. The third-order valence-electron chi connectivity index (χ3n) is 4.52. The highest BCUT2D eigenvalue weighted by molar-refractivity contribution is 5.71. The first kappa shape index (κ1) is 15.1. The third-order valence-corrected chi connectivity index (χ3v) is 4.52. The normalized spacial score (nSPS) is 16.8. The number of rotatable bonds is 3. The zero-order valence-electron chi connectivity index (χ0n) is 14.0. The fourth-order valence-electron chi connectivity index (χ4n) is 3.29. The Hall–Kier alpha value is -2.49. The molecule has 0 unspecified atom stereocenters. The Balaban J connectivity index is 1.56. The standard InChI is InChI=1S/C20H22N2O2/c1-15-11-18(22-9-3-2-4-10-22)13-17(21-15)7-5-16-6-8-19-20(12-16)24-14-23-19/h5-8,11-13H,2-4,9-10,14H2,1H3/b7-5+. The van der Waals surface area contributed by atoms with Gasteiger partial charge in [-0.2, -0.15) is 0 Å². The predicted octanol–water partition coefficient (Wildman–Crippen LogP) is 4.28. The van der Waals surface area contributed by atoms with Crippen LogP contribution < -0.4 is 14.4 Å². The van der Waals surface area contributed by atoms with E-state index in [9.17, 15) is 0 Å². The topological polar surface area (TPSA) is 34.6 Å². The Morgan fingerprint density at radius 2 is 1.79 bits per heavy atom. The lowest BCUT2D eigenvalue weighted by Crippen LogP contribution is -2.29. The molecule has 0 atom stereocenters. The van der Waals surface area contributed by atoms with Crippen molar-refractivity contribution in [3.8, 4) is 11.5 Å². The average molecular weight is 322 g/mol. The Morgan fingerprint density at radius 1 is 0.958 bits per heavy atom. The molecule has 0 radical (unpaired) electrons.